The average molecular weight is 281 g/mol. The van der Waals surface area contributed by atoms with Gasteiger partial charge in [-0.15, -0.1) is 11.6 Å². The summed E-state index contributed by atoms with van der Waals surface area (Å²) in [6.45, 7) is 6.42. The lowest BCUT2D eigenvalue weighted by Gasteiger charge is -2.35. The number of nitrogens with zero attached hydrogens (tertiary/aromatic N) is 4. The summed E-state index contributed by atoms with van der Waals surface area (Å²) in [4.78, 5) is 4.78. The molecule has 2 heterocycles. The molecule has 19 heavy (non-hydrogen) atoms. The maximum Gasteiger partial charge on any atom is 0.158 e. The highest BCUT2D eigenvalue weighted by Crippen LogP contribution is 2.41. The smallest absolute Gasteiger partial charge is 0.158 e. The first-order chi connectivity index (χ1) is 9.02. The SMILES string of the molecule is CCc1nn(C)c2c1nc(C(C)Cl)n2C1CC(C)C1. The first-order valence-electron chi connectivity index (χ1n) is 7.10. The highest BCUT2D eigenvalue weighted by atomic mass is 35.5. The fraction of sp³-hybridized carbons (Fsp3) is 0.714. The Hall–Kier alpha value is -1.03. The van der Waals surface area contributed by atoms with Crippen molar-refractivity contribution in [3.05, 3.63) is 11.5 Å². The Morgan fingerprint density at radius 1 is 1.42 bits per heavy atom. The lowest BCUT2D eigenvalue weighted by molar-refractivity contribution is 0.214. The van der Waals surface area contributed by atoms with Crippen LogP contribution in [-0.2, 0) is 13.5 Å². The van der Waals surface area contributed by atoms with Gasteiger partial charge in [0.15, 0.2) is 5.65 Å². The van der Waals surface area contributed by atoms with Gasteiger partial charge in [-0.25, -0.2) is 4.98 Å². The van der Waals surface area contributed by atoms with Crippen LogP contribution >= 0.6 is 11.6 Å². The number of hydrogen-bond acceptors (Lipinski definition) is 2. The molecule has 104 valence electrons. The second-order valence-electron chi connectivity index (χ2n) is 5.78. The van der Waals surface area contributed by atoms with Gasteiger partial charge in [-0.1, -0.05) is 13.8 Å². The van der Waals surface area contributed by atoms with E-state index in [-0.39, 0.29) is 5.38 Å². The second-order valence-corrected chi connectivity index (χ2v) is 6.44. The van der Waals surface area contributed by atoms with Crippen LogP contribution in [-0.4, -0.2) is 19.3 Å². The van der Waals surface area contributed by atoms with Gasteiger partial charge in [0.1, 0.15) is 11.3 Å². The van der Waals surface area contributed by atoms with E-state index in [9.17, 15) is 0 Å². The summed E-state index contributed by atoms with van der Waals surface area (Å²) in [5.41, 5.74) is 3.24. The fourth-order valence-electron chi connectivity index (χ4n) is 3.17. The zero-order chi connectivity index (χ0) is 13.7. The lowest BCUT2D eigenvalue weighted by atomic mass is 9.81. The zero-order valence-electron chi connectivity index (χ0n) is 12.0. The van der Waals surface area contributed by atoms with E-state index in [1.165, 1.54) is 12.8 Å². The molecular weight excluding hydrogens is 260 g/mol. The molecule has 1 aliphatic carbocycles. The van der Waals surface area contributed by atoms with Crippen molar-refractivity contribution in [3.63, 3.8) is 0 Å². The Morgan fingerprint density at radius 2 is 2.11 bits per heavy atom. The minimum Gasteiger partial charge on any atom is -0.309 e. The Labute approximate surface area is 118 Å². The van der Waals surface area contributed by atoms with Crippen molar-refractivity contribution in [2.75, 3.05) is 0 Å². The molecule has 1 fully saturated rings. The molecule has 0 aromatic carbocycles. The van der Waals surface area contributed by atoms with Gasteiger partial charge in [-0.05, 0) is 32.1 Å². The minimum atomic E-state index is -0.0620. The average Bonchev–Trinajstić information content (AvgIpc) is 2.83. The largest absolute Gasteiger partial charge is 0.309 e. The number of aryl methyl sites for hydroxylation is 2. The summed E-state index contributed by atoms with van der Waals surface area (Å²) >= 11 is 6.33. The molecule has 3 rings (SSSR count). The van der Waals surface area contributed by atoms with Crippen LogP contribution in [0.4, 0.5) is 0 Å². The van der Waals surface area contributed by atoms with Crippen LogP contribution < -0.4 is 0 Å². The van der Waals surface area contributed by atoms with Gasteiger partial charge in [0, 0.05) is 13.1 Å². The zero-order valence-corrected chi connectivity index (χ0v) is 12.8. The molecule has 0 radical (unpaired) electrons. The van der Waals surface area contributed by atoms with Gasteiger partial charge < -0.3 is 4.57 Å². The number of fused-ring (bicyclic) bond motifs is 1. The number of alkyl halides is 1. The van der Waals surface area contributed by atoms with Gasteiger partial charge in [0.05, 0.1) is 11.1 Å². The highest BCUT2D eigenvalue weighted by molar-refractivity contribution is 6.20. The van der Waals surface area contributed by atoms with Crippen molar-refractivity contribution in [2.24, 2.45) is 13.0 Å². The molecule has 1 saturated carbocycles. The lowest BCUT2D eigenvalue weighted by Crippen LogP contribution is -2.27. The maximum atomic E-state index is 6.33. The van der Waals surface area contributed by atoms with E-state index in [0.717, 1.165) is 35.0 Å². The van der Waals surface area contributed by atoms with Crippen LogP contribution in [0.25, 0.3) is 11.2 Å². The molecule has 2 aromatic rings. The summed E-state index contributed by atoms with van der Waals surface area (Å²) in [5, 5.41) is 4.52. The number of halogens is 1. The van der Waals surface area contributed by atoms with E-state index in [2.05, 4.69) is 23.5 Å². The monoisotopic (exact) mass is 280 g/mol. The summed E-state index contributed by atoms with van der Waals surface area (Å²) in [5.74, 6) is 1.80. The van der Waals surface area contributed by atoms with E-state index in [4.69, 9.17) is 16.6 Å². The topological polar surface area (TPSA) is 35.6 Å². The minimum absolute atomic E-state index is 0.0620. The Kier molecular flexibility index (Phi) is 3.08. The molecule has 1 aliphatic rings. The van der Waals surface area contributed by atoms with Crippen LogP contribution in [0.5, 0.6) is 0 Å². The van der Waals surface area contributed by atoms with Crippen LogP contribution in [0.2, 0.25) is 0 Å². The summed E-state index contributed by atoms with van der Waals surface area (Å²) < 4.78 is 4.30. The predicted octanol–water partition coefficient (Wildman–Crippen LogP) is 3.60. The van der Waals surface area contributed by atoms with Gasteiger partial charge in [-0.2, -0.15) is 5.10 Å². The van der Waals surface area contributed by atoms with E-state index in [0.29, 0.717) is 6.04 Å². The van der Waals surface area contributed by atoms with Gasteiger partial charge in [0.2, 0.25) is 0 Å². The number of imidazole rings is 1. The third-order valence-corrected chi connectivity index (χ3v) is 4.36. The molecule has 4 nitrogen and oxygen atoms in total. The molecule has 1 atom stereocenters. The van der Waals surface area contributed by atoms with E-state index < -0.39 is 0 Å². The van der Waals surface area contributed by atoms with Crippen molar-refractivity contribution in [3.8, 4) is 0 Å². The molecule has 2 aromatic heterocycles. The number of hydrogen-bond donors (Lipinski definition) is 0. The molecule has 0 spiro atoms. The predicted molar refractivity (Wildman–Crippen MR) is 77.6 cm³/mol. The maximum absolute atomic E-state index is 6.33. The first kappa shape index (κ1) is 13.0. The molecule has 0 aliphatic heterocycles. The molecule has 1 unspecified atom stereocenters. The third-order valence-electron chi connectivity index (χ3n) is 4.17. The van der Waals surface area contributed by atoms with E-state index >= 15 is 0 Å². The molecule has 0 saturated heterocycles. The summed E-state index contributed by atoms with van der Waals surface area (Å²) in [7, 11) is 2.00. The molecule has 0 amide bonds. The van der Waals surface area contributed by atoms with E-state index in [1.807, 2.05) is 18.7 Å². The van der Waals surface area contributed by atoms with Crippen LogP contribution in [0.3, 0.4) is 0 Å². The fourth-order valence-corrected chi connectivity index (χ4v) is 3.32. The molecule has 0 N–H and O–H groups in total. The Bertz CT molecular complexity index is 605. The van der Waals surface area contributed by atoms with Crippen molar-refractivity contribution in [2.45, 2.75) is 51.5 Å². The van der Waals surface area contributed by atoms with Crippen molar-refractivity contribution < 1.29 is 0 Å². The van der Waals surface area contributed by atoms with E-state index in [1.54, 1.807) is 0 Å². The van der Waals surface area contributed by atoms with Crippen molar-refractivity contribution in [1.82, 2.24) is 19.3 Å². The molecule has 0 bridgehead atoms. The standard InChI is InChI=1S/C14H21ClN4/c1-5-11-12-14(18(4)17-11)19(10-6-8(2)7-10)13(16-12)9(3)15/h8-10H,5-7H2,1-4H3. The van der Waals surface area contributed by atoms with Crippen molar-refractivity contribution in [1.29, 1.82) is 0 Å². The molecular formula is C14H21ClN4. The van der Waals surface area contributed by atoms with Gasteiger partial charge >= 0.3 is 0 Å². The first-order valence-corrected chi connectivity index (χ1v) is 7.54. The summed E-state index contributed by atoms with van der Waals surface area (Å²) in [6.07, 6.45) is 3.34. The number of aromatic nitrogens is 4. The van der Waals surface area contributed by atoms with Crippen molar-refractivity contribution >= 4 is 22.8 Å². The highest BCUT2D eigenvalue weighted by Gasteiger charge is 2.32. The van der Waals surface area contributed by atoms with Crippen LogP contribution in [0, 0.1) is 5.92 Å². The molecule has 5 heteroatoms. The Balaban J connectivity index is 2.20. The third kappa shape index (κ3) is 1.88. The van der Waals surface area contributed by atoms with Crippen LogP contribution in [0.15, 0.2) is 0 Å². The second kappa shape index (κ2) is 4.51. The quantitative estimate of drug-likeness (QED) is 0.805. The van der Waals surface area contributed by atoms with Gasteiger partial charge in [0.25, 0.3) is 0 Å². The normalized spacial score (nSPS) is 24.7. The van der Waals surface area contributed by atoms with Crippen LogP contribution in [0.1, 0.15) is 56.6 Å². The number of rotatable bonds is 3. The Morgan fingerprint density at radius 3 is 2.63 bits per heavy atom. The summed E-state index contributed by atoms with van der Waals surface area (Å²) in [6, 6.07) is 0.538. The van der Waals surface area contributed by atoms with Gasteiger partial charge in [-0.3, -0.25) is 4.68 Å².